The van der Waals surface area contributed by atoms with E-state index in [4.69, 9.17) is 4.74 Å². The SMILES string of the molecule is COC(=O)Cc1ccc(OCCCNC(=O)/C=C/C=C/c2ccccc2)cc1. The summed E-state index contributed by atoms with van der Waals surface area (Å²) in [5, 5.41) is 2.81. The Bertz CT molecular complexity index is 795. The van der Waals surface area contributed by atoms with Crippen molar-refractivity contribution in [3.8, 4) is 5.75 Å². The van der Waals surface area contributed by atoms with Crippen LogP contribution >= 0.6 is 0 Å². The van der Waals surface area contributed by atoms with Crippen LogP contribution in [0.5, 0.6) is 5.75 Å². The number of rotatable bonds is 10. The van der Waals surface area contributed by atoms with Crippen LogP contribution in [0, 0.1) is 0 Å². The molecule has 0 radical (unpaired) electrons. The summed E-state index contributed by atoms with van der Waals surface area (Å²) in [6.07, 6.45) is 7.94. The van der Waals surface area contributed by atoms with E-state index in [1.54, 1.807) is 6.08 Å². The Labute approximate surface area is 165 Å². The molecule has 146 valence electrons. The maximum Gasteiger partial charge on any atom is 0.309 e. The topological polar surface area (TPSA) is 64.6 Å². The molecule has 0 aliphatic heterocycles. The summed E-state index contributed by atoms with van der Waals surface area (Å²) in [6.45, 7) is 1.03. The fraction of sp³-hybridized carbons (Fsp3) is 0.217. The van der Waals surface area contributed by atoms with E-state index in [-0.39, 0.29) is 18.3 Å². The van der Waals surface area contributed by atoms with Gasteiger partial charge in [-0.05, 0) is 29.7 Å². The van der Waals surface area contributed by atoms with Crippen LogP contribution in [0.25, 0.3) is 6.08 Å². The van der Waals surface area contributed by atoms with Gasteiger partial charge in [0, 0.05) is 12.6 Å². The third-order valence-corrected chi connectivity index (χ3v) is 3.84. The molecule has 0 spiro atoms. The lowest BCUT2D eigenvalue weighted by molar-refractivity contribution is -0.139. The van der Waals surface area contributed by atoms with Crippen molar-refractivity contribution < 1.29 is 19.1 Å². The van der Waals surface area contributed by atoms with Gasteiger partial charge < -0.3 is 14.8 Å². The standard InChI is InChI=1S/C23H25NO4/c1-27-23(26)18-20-12-14-21(15-13-20)28-17-7-16-24-22(25)11-6-5-10-19-8-3-2-4-9-19/h2-6,8-15H,7,16-18H2,1H3,(H,24,25)/b10-5+,11-6+. The van der Waals surface area contributed by atoms with Crippen LogP contribution in [0.2, 0.25) is 0 Å². The largest absolute Gasteiger partial charge is 0.494 e. The van der Waals surface area contributed by atoms with Gasteiger partial charge in [-0.15, -0.1) is 0 Å². The Morgan fingerprint density at radius 2 is 1.75 bits per heavy atom. The van der Waals surface area contributed by atoms with E-state index < -0.39 is 0 Å². The molecule has 0 atom stereocenters. The monoisotopic (exact) mass is 379 g/mol. The number of amides is 1. The van der Waals surface area contributed by atoms with Crippen LogP contribution in [0.15, 0.2) is 72.8 Å². The van der Waals surface area contributed by atoms with Crippen LogP contribution in [0.4, 0.5) is 0 Å². The second kappa shape index (κ2) is 12.1. The molecule has 2 rings (SSSR count). The highest BCUT2D eigenvalue weighted by atomic mass is 16.5. The predicted molar refractivity (Wildman–Crippen MR) is 110 cm³/mol. The second-order valence-corrected chi connectivity index (χ2v) is 6.02. The van der Waals surface area contributed by atoms with E-state index in [0.717, 1.165) is 16.9 Å². The molecule has 1 amide bonds. The molecule has 5 heteroatoms. The normalized spacial score (nSPS) is 10.9. The Morgan fingerprint density at radius 1 is 1.00 bits per heavy atom. The number of ether oxygens (including phenoxy) is 2. The molecule has 5 nitrogen and oxygen atoms in total. The van der Waals surface area contributed by atoms with Gasteiger partial charge in [0.05, 0.1) is 20.1 Å². The lowest BCUT2D eigenvalue weighted by Crippen LogP contribution is -2.23. The van der Waals surface area contributed by atoms with Crippen LogP contribution in [-0.2, 0) is 20.7 Å². The van der Waals surface area contributed by atoms with Crippen molar-refractivity contribution in [2.24, 2.45) is 0 Å². The maximum absolute atomic E-state index is 11.7. The zero-order valence-electron chi connectivity index (χ0n) is 16.0. The van der Waals surface area contributed by atoms with Gasteiger partial charge in [-0.2, -0.15) is 0 Å². The van der Waals surface area contributed by atoms with Crippen molar-refractivity contribution in [1.82, 2.24) is 5.32 Å². The van der Waals surface area contributed by atoms with Crippen molar-refractivity contribution in [2.45, 2.75) is 12.8 Å². The Hall–Kier alpha value is -3.34. The van der Waals surface area contributed by atoms with E-state index in [2.05, 4.69) is 10.1 Å². The molecule has 0 aliphatic carbocycles. The summed E-state index contributed by atoms with van der Waals surface area (Å²) in [5.41, 5.74) is 1.96. The summed E-state index contributed by atoms with van der Waals surface area (Å²) in [4.78, 5) is 22.9. The summed E-state index contributed by atoms with van der Waals surface area (Å²) in [7, 11) is 1.37. The highest BCUT2D eigenvalue weighted by Crippen LogP contribution is 2.13. The van der Waals surface area contributed by atoms with Crippen LogP contribution in [0.1, 0.15) is 17.5 Å². The van der Waals surface area contributed by atoms with Gasteiger partial charge in [-0.25, -0.2) is 0 Å². The molecule has 28 heavy (non-hydrogen) atoms. The van der Waals surface area contributed by atoms with Crippen LogP contribution in [0.3, 0.4) is 0 Å². The first-order chi connectivity index (χ1) is 13.7. The number of carbonyl (C=O) groups is 2. The molecule has 0 heterocycles. The first-order valence-electron chi connectivity index (χ1n) is 9.13. The van der Waals surface area contributed by atoms with E-state index in [1.165, 1.54) is 13.2 Å². The smallest absolute Gasteiger partial charge is 0.309 e. The predicted octanol–water partition coefficient (Wildman–Crippen LogP) is 3.56. The van der Waals surface area contributed by atoms with Gasteiger partial charge in [-0.1, -0.05) is 60.7 Å². The molecule has 0 saturated carbocycles. The van der Waals surface area contributed by atoms with Gasteiger partial charge in [0.1, 0.15) is 5.75 Å². The fourth-order valence-corrected chi connectivity index (χ4v) is 2.35. The average Bonchev–Trinajstić information content (AvgIpc) is 2.73. The summed E-state index contributed by atoms with van der Waals surface area (Å²) < 4.78 is 10.3. The minimum atomic E-state index is -0.269. The summed E-state index contributed by atoms with van der Waals surface area (Å²) in [6, 6.07) is 17.2. The second-order valence-electron chi connectivity index (χ2n) is 6.02. The number of carbonyl (C=O) groups excluding carboxylic acids is 2. The Balaban J connectivity index is 1.59. The van der Waals surface area contributed by atoms with Crippen molar-refractivity contribution in [3.05, 3.63) is 84.0 Å². The number of hydrogen-bond donors (Lipinski definition) is 1. The number of esters is 1. The minimum Gasteiger partial charge on any atom is -0.494 e. The molecule has 0 unspecified atom stereocenters. The van der Waals surface area contributed by atoms with Crippen molar-refractivity contribution in [1.29, 1.82) is 0 Å². The van der Waals surface area contributed by atoms with E-state index in [1.807, 2.05) is 66.7 Å². The molecular weight excluding hydrogens is 354 g/mol. The van der Waals surface area contributed by atoms with E-state index in [0.29, 0.717) is 19.6 Å². The third-order valence-electron chi connectivity index (χ3n) is 3.84. The molecule has 0 aliphatic rings. The van der Waals surface area contributed by atoms with Crippen molar-refractivity contribution in [3.63, 3.8) is 0 Å². The van der Waals surface area contributed by atoms with Crippen LogP contribution in [-0.4, -0.2) is 32.1 Å². The minimum absolute atomic E-state index is 0.134. The lowest BCUT2D eigenvalue weighted by atomic mass is 10.1. The molecule has 0 bridgehead atoms. The zero-order chi connectivity index (χ0) is 20.0. The fourth-order valence-electron chi connectivity index (χ4n) is 2.35. The summed E-state index contributed by atoms with van der Waals surface area (Å²) >= 11 is 0. The molecular formula is C23H25NO4. The molecule has 2 aromatic carbocycles. The number of methoxy groups -OCH3 is 1. The Kier molecular flexibility index (Phi) is 9.08. The first-order valence-corrected chi connectivity index (χ1v) is 9.13. The average molecular weight is 379 g/mol. The molecule has 1 N–H and O–H groups in total. The molecule has 0 aromatic heterocycles. The van der Waals surface area contributed by atoms with Crippen molar-refractivity contribution in [2.75, 3.05) is 20.3 Å². The van der Waals surface area contributed by atoms with E-state index in [9.17, 15) is 9.59 Å². The molecule has 2 aromatic rings. The highest BCUT2D eigenvalue weighted by molar-refractivity contribution is 5.87. The van der Waals surface area contributed by atoms with Gasteiger partial charge in [0.25, 0.3) is 0 Å². The number of benzene rings is 2. The van der Waals surface area contributed by atoms with Crippen LogP contribution < -0.4 is 10.1 Å². The van der Waals surface area contributed by atoms with E-state index >= 15 is 0 Å². The van der Waals surface area contributed by atoms with Gasteiger partial charge in [0.2, 0.25) is 5.91 Å². The maximum atomic E-state index is 11.7. The quantitative estimate of drug-likeness (QED) is 0.297. The first kappa shape index (κ1) is 21.0. The number of allylic oxidation sites excluding steroid dienone is 2. The number of hydrogen-bond acceptors (Lipinski definition) is 4. The highest BCUT2D eigenvalue weighted by Gasteiger charge is 2.03. The van der Waals surface area contributed by atoms with Crippen molar-refractivity contribution >= 4 is 18.0 Å². The Morgan fingerprint density at radius 3 is 2.46 bits per heavy atom. The van der Waals surface area contributed by atoms with Gasteiger partial charge in [0.15, 0.2) is 0 Å². The lowest BCUT2D eigenvalue weighted by Gasteiger charge is -2.07. The molecule has 0 fully saturated rings. The van der Waals surface area contributed by atoms with Gasteiger partial charge >= 0.3 is 5.97 Å². The van der Waals surface area contributed by atoms with Gasteiger partial charge in [-0.3, -0.25) is 9.59 Å². The third kappa shape index (κ3) is 8.36. The summed E-state index contributed by atoms with van der Waals surface area (Å²) in [5.74, 6) is 0.324. The number of nitrogens with one attached hydrogen (secondary N) is 1. The zero-order valence-corrected chi connectivity index (χ0v) is 16.0. The molecule has 0 saturated heterocycles.